The second kappa shape index (κ2) is 4.32. The molecular weight excluding hydrogens is 236 g/mol. The predicted octanol–water partition coefficient (Wildman–Crippen LogP) is 0.653. The van der Waals surface area contributed by atoms with E-state index in [1.807, 2.05) is 0 Å². The summed E-state index contributed by atoms with van der Waals surface area (Å²) in [6.45, 7) is 6.60. The summed E-state index contributed by atoms with van der Waals surface area (Å²) in [5, 5.41) is 12.1. The highest BCUT2D eigenvalue weighted by atomic mass is 16.4. The standard InChI is InChI=1S/C11H18N4O3/c1-10(2,9(17)18)11(3,4)15-7-6(12)8(16)14-5-13-7/h5H,12H2,1-4H3,(H,17,18)(H2,13,14,15,16). The van der Waals surface area contributed by atoms with E-state index in [0.29, 0.717) is 0 Å². The van der Waals surface area contributed by atoms with Crippen molar-refractivity contribution in [2.75, 3.05) is 11.1 Å². The molecule has 7 heteroatoms. The molecule has 0 atom stereocenters. The average molecular weight is 254 g/mol. The molecule has 0 amide bonds. The molecule has 0 aromatic carbocycles. The van der Waals surface area contributed by atoms with Crippen molar-refractivity contribution < 1.29 is 9.90 Å². The van der Waals surface area contributed by atoms with Crippen LogP contribution < -0.4 is 16.6 Å². The third kappa shape index (κ3) is 2.29. The first-order valence-corrected chi connectivity index (χ1v) is 5.44. The Morgan fingerprint density at radius 2 is 2.00 bits per heavy atom. The van der Waals surface area contributed by atoms with E-state index in [1.54, 1.807) is 27.7 Å². The summed E-state index contributed by atoms with van der Waals surface area (Å²) in [7, 11) is 0. The molecule has 7 nitrogen and oxygen atoms in total. The van der Waals surface area contributed by atoms with Gasteiger partial charge in [0, 0.05) is 5.54 Å². The molecule has 100 valence electrons. The summed E-state index contributed by atoms with van der Waals surface area (Å²) in [4.78, 5) is 28.8. The van der Waals surface area contributed by atoms with Crippen molar-refractivity contribution in [3.8, 4) is 0 Å². The van der Waals surface area contributed by atoms with Gasteiger partial charge in [0.15, 0.2) is 5.82 Å². The minimum absolute atomic E-state index is 0.0632. The van der Waals surface area contributed by atoms with Gasteiger partial charge >= 0.3 is 5.97 Å². The Bertz CT molecular complexity index is 519. The number of nitrogens with one attached hydrogen (secondary N) is 2. The van der Waals surface area contributed by atoms with Crippen LogP contribution in [0, 0.1) is 5.41 Å². The first-order valence-electron chi connectivity index (χ1n) is 5.44. The van der Waals surface area contributed by atoms with Crippen LogP contribution in [0.15, 0.2) is 11.1 Å². The van der Waals surface area contributed by atoms with E-state index in [-0.39, 0.29) is 11.5 Å². The second-order valence-electron chi connectivity index (χ2n) is 5.17. The van der Waals surface area contributed by atoms with Crippen LogP contribution in [0.25, 0.3) is 0 Å². The van der Waals surface area contributed by atoms with Crippen LogP contribution in [-0.2, 0) is 4.79 Å². The maximum atomic E-state index is 11.3. The minimum atomic E-state index is -1.07. The van der Waals surface area contributed by atoms with Gasteiger partial charge in [0.25, 0.3) is 5.56 Å². The molecule has 0 saturated carbocycles. The van der Waals surface area contributed by atoms with Crippen molar-refractivity contribution in [3.63, 3.8) is 0 Å². The molecule has 1 aromatic heterocycles. The van der Waals surface area contributed by atoms with Gasteiger partial charge in [0.05, 0.1) is 11.7 Å². The third-order valence-electron chi connectivity index (χ3n) is 3.42. The van der Waals surface area contributed by atoms with E-state index in [4.69, 9.17) is 5.73 Å². The third-order valence-corrected chi connectivity index (χ3v) is 3.42. The minimum Gasteiger partial charge on any atom is -0.481 e. The number of aromatic amines is 1. The number of H-pyrrole nitrogens is 1. The number of aromatic nitrogens is 2. The van der Waals surface area contributed by atoms with Gasteiger partial charge in [-0.2, -0.15) is 0 Å². The van der Waals surface area contributed by atoms with Crippen LogP contribution in [0.4, 0.5) is 11.5 Å². The summed E-state index contributed by atoms with van der Waals surface area (Å²) >= 11 is 0. The largest absolute Gasteiger partial charge is 0.481 e. The summed E-state index contributed by atoms with van der Waals surface area (Å²) in [6.07, 6.45) is 1.21. The monoisotopic (exact) mass is 254 g/mol. The van der Waals surface area contributed by atoms with Crippen molar-refractivity contribution in [1.82, 2.24) is 9.97 Å². The molecule has 0 unspecified atom stereocenters. The van der Waals surface area contributed by atoms with Crippen molar-refractivity contribution in [2.24, 2.45) is 5.41 Å². The molecule has 0 radical (unpaired) electrons. The van der Waals surface area contributed by atoms with Gasteiger partial charge in [-0.3, -0.25) is 9.59 Å². The van der Waals surface area contributed by atoms with E-state index in [1.165, 1.54) is 6.33 Å². The quantitative estimate of drug-likeness (QED) is 0.626. The van der Waals surface area contributed by atoms with Gasteiger partial charge in [-0.1, -0.05) is 0 Å². The number of rotatable bonds is 4. The van der Waals surface area contributed by atoms with Gasteiger partial charge in [-0.25, -0.2) is 4.98 Å². The lowest BCUT2D eigenvalue weighted by Crippen LogP contribution is -2.51. The summed E-state index contributed by atoms with van der Waals surface area (Å²) in [5.74, 6) is -0.776. The zero-order valence-corrected chi connectivity index (χ0v) is 10.9. The molecule has 0 bridgehead atoms. The fourth-order valence-corrected chi connectivity index (χ4v) is 1.23. The highest BCUT2D eigenvalue weighted by Gasteiger charge is 2.44. The SMILES string of the molecule is CC(C)(Nc1nc[nH]c(=O)c1N)C(C)(C)C(=O)O. The maximum Gasteiger partial charge on any atom is 0.311 e. The molecule has 0 spiro atoms. The Balaban J connectivity index is 3.14. The highest BCUT2D eigenvalue weighted by Crippen LogP contribution is 2.34. The van der Waals surface area contributed by atoms with Gasteiger partial charge in [0.1, 0.15) is 5.69 Å². The normalized spacial score (nSPS) is 12.2. The number of aliphatic carboxylic acids is 1. The van der Waals surface area contributed by atoms with Gasteiger partial charge in [-0.05, 0) is 27.7 Å². The van der Waals surface area contributed by atoms with Crippen molar-refractivity contribution >= 4 is 17.5 Å². The zero-order valence-electron chi connectivity index (χ0n) is 10.9. The molecule has 0 aliphatic heterocycles. The number of hydrogen-bond acceptors (Lipinski definition) is 5. The Morgan fingerprint density at radius 3 is 2.50 bits per heavy atom. The fraction of sp³-hybridized carbons (Fsp3) is 0.545. The summed E-state index contributed by atoms with van der Waals surface area (Å²) < 4.78 is 0. The van der Waals surface area contributed by atoms with Crippen molar-refractivity contribution in [2.45, 2.75) is 33.2 Å². The predicted molar refractivity (Wildman–Crippen MR) is 68.4 cm³/mol. The van der Waals surface area contributed by atoms with Crippen LogP contribution in [0.1, 0.15) is 27.7 Å². The molecule has 1 aromatic rings. The first-order chi connectivity index (χ1) is 8.09. The Morgan fingerprint density at radius 1 is 1.44 bits per heavy atom. The van der Waals surface area contributed by atoms with E-state index < -0.39 is 22.5 Å². The lowest BCUT2D eigenvalue weighted by Gasteiger charge is -2.39. The Hall–Kier alpha value is -2.05. The fourth-order valence-electron chi connectivity index (χ4n) is 1.23. The molecule has 18 heavy (non-hydrogen) atoms. The zero-order chi connectivity index (χ0) is 14.1. The summed E-state index contributed by atoms with van der Waals surface area (Å²) in [5.41, 5.74) is 3.16. The molecule has 0 aliphatic rings. The van der Waals surface area contributed by atoms with Crippen molar-refractivity contribution in [3.05, 3.63) is 16.7 Å². The molecule has 1 rings (SSSR count). The number of carbonyl (C=O) groups is 1. The van der Waals surface area contributed by atoms with Crippen LogP contribution in [-0.4, -0.2) is 26.6 Å². The van der Waals surface area contributed by atoms with Crippen LogP contribution in [0.2, 0.25) is 0 Å². The van der Waals surface area contributed by atoms with E-state index >= 15 is 0 Å². The molecule has 0 fully saturated rings. The maximum absolute atomic E-state index is 11.3. The van der Waals surface area contributed by atoms with Crippen molar-refractivity contribution in [1.29, 1.82) is 0 Å². The Kier molecular flexibility index (Phi) is 3.36. The number of nitrogens with two attached hydrogens (primary N) is 1. The van der Waals surface area contributed by atoms with E-state index in [9.17, 15) is 14.7 Å². The smallest absolute Gasteiger partial charge is 0.311 e. The Labute approximate surface area is 104 Å². The van der Waals surface area contributed by atoms with Gasteiger partial charge in [0.2, 0.25) is 0 Å². The number of nitrogens with zero attached hydrogens (tertiary/aromatic N) is 1. The number of nitrogen functional groups attached to an aromatic ring is 1. The number of anilines is 2. The molecule has 0 aliphatic carbocycles. The van der Waals surface area contributed by atoms with E-state index in [2.05, 4.69) is 15.3 Å². The van der Waals surface area contributed by atoms with E-state index in [0.717, 1.165) is 0 Å². The lowest BCUT2D eigenvalue weighted by molar-refractivity contribution is -0.149. The molecule has 5 N–H and O–H groups in total. The highest BCUT2D eigenvalue weighted by molar-refractivity contribution is 5.77. The van der Waals surface area contributed by atoms with Crippen LogP contribution in [0.3, 0.4) is 0 Å². The van der Waals surface area contributed by atoms with Gasteiger partial charge in [-0.15, -0.1) is 0 Å². The summed E-state index contributed by atoms with van der Waals surface area (Å²) in [6, 6.07) is 0. The topological polar surface area (TPSA) is 121 Å². The lowest BCUT2D eigenvalue weighted by atomic mass is 9.74. The van der Waals surface area contributed by atoms with Crippen LogP contribution >= 0.6 is 0 Å². The van der Waals surface area contributed by atoms with Gasteiger partial charge < -0.3 is 21.1 Å². The number of hydrogen-bond donors (Lipinski definition) is 4. The molecular formula is C11H18N4O3. The average Bonchev–Trinajstić information content (AvgIpc) is 2.24. The first kappa shape index (κ1) is 14.0. The molecule has 1 heterocycles. The number of carboxylic acids is 1. The molecule has 0 saturated heterocycles. The second-order valence-corrected chi connectivity index (χ2v) is 5.17. The van der Waals surface area contributed by atoms with Crippen LogP contribution in [0.5, 0.6) is 0 Å². The number of carboxylic acid groups (broad SMARTS) is 1.